The van der Waals surface area contributed by atoms with Gasteiger partial charge in [0, 0.05) is 30.6 Å². The predicted octanol–water partition coefficient (Wildman–Crippen LogP) is 5.08. The van der Waals surface area contributed by atoms with E-state index in [-0.39, 0.29) is 12.1 Å². The second kappa shape index (κ2) is 9.22. The van der Waals surface area contributed by atoms with Crippen LogP contribution in [0.3, 0.4) is 0 Å². The first-order valence-electron chi connectivity index (χ1n) is 11.9. The van der Waals surface area contributed by atoms with Crippen LogP contribution in [0.25, 0.3) is 5.69 Å². The van der Waals surface area contributed by atoms with Crippen LogP contribution < -0.4 is 10.6 Å². The molecule has 170 valence electrons. The highest BCUT2D eigenvalue weighted by molar-refractivity contribution is 5.74. The number of amides is 2. The van der Waals surface area contributed by atoms with Gasteiger partial charge in [0.1, 0.15) is 0 Å². The molecule has 2 aliphatic carbocycles. The molecule has 6 nitrogen and oxygen atoms in total. The zero-order valence-corrected chi connectivity index (χ0v) is 19.3. The standard InChI is InChI=1S/C27H31N5O/c1-3-29-27(33)31-24(19-8-5-4-6-9-19)14-20-11-12-21-15-25-23(18(2)26(20)21)17-30-32(25)22-10-7-13-28-16-22/h4-10,13,16-18,20,24H,3,11-12,14-15H2,1-2H3,(H2,29,31,33)/t18-,20+,24?/m0/s1. The molecular weight excluding hydrogens is 410 g/mol. The fraction of sp³-hybridized carbons (Fsp3) is 0.370. The molecule has 3 aromatic rings. The molecule has 2 aromatic heterocycles. The van der Waals surface area contributed by atoms with E-state index in [1.165, 1.54) is 11.3 Å². The summed E-state index contributed by atoms with van der Waals surface area (Å²) >= 11 is 0. The van der Waals surface area contributed by atoms with Crippen molar-refractivity contribution in [2.45, 2.75) is 51.5 Å². The molecule has 1 aromatic carbocycles. The Morgan fingerprint density at radius 1 is 1.18 bits per heavy atom. The molecule has 6 heteroatoms. The number of carbonyl (C=O) groups excluding carboxylic acids is 1. The van der Waals surface area contributed by atoms with Gasteiger partial charge in [-0.25, -0.2) is 9.48 Å². The summed E-state index contributed by atoms with van der Waals surface area (Å²) in [5, 5.41) is 10.8. The van der Waals surface area contributed by atoms with Crippen molar-refractivity contribution in [3.63, 3.8) is 0 Å². The highest BCUT2D eigenvalue weighted by Gasteiger charge is 2.37. The Kier molecular flexibility index (Phi) is 5.99. The summed E-state index contributed by atoms with van der Waals surface area (Å²) in [5.74, 6) is 0.791. The molecule has 0 aliphatic heterocycles. The highest BCUT2D eigenvalue weighted by Crippen LogP contribution is 2.49. The highest BCUT2D eigenvalue weighted by atomic mass is 16.2. The van der Waals surface area contributed by atoms with Gasteiger partial charge in [-0.05, 0) is 49.8 Å². The summed E-state index contributed by atoms with van der Waals surface area (Å²) in [5.41, 5.74) is 7.89. The second-order valence-corrected chi connectivity index (χ2v) is 9.07. The van der Waals surface area contributed by atoms with Gasteiger partial charge in [-0.15, -0.1) is 0 Å². The number of allylic oxidation sites excluding steroid dienone is 2. The number of nitrogens with one attached hydrogen (secondary N) is 2. The molecule has 5 rings (SSSR count). The molecule has 2 N–H and O–H groups in total. The Balaban J connectivity index is 1.41. The molecule has 33 heavy (non-hydrogen) atoms. The van der Waals surface area contributed by atoms with Gasteiger partial charge in [0.2, 0.25) is 0 Å². The number of hydrogen-bond acceptors (Lipinski definition) is 3. The smallest absolute Gasteiger partial charge is 0.315 e. The van der Waals surface area contributed by atoms with Crippen molar-refractivity contribution in [2.75, 3.05) is 6.54 Å². The summed E-state index contributed by atoms with van der Waals surface area (Å²) in [6, 6.07) is 14.2. The van der Waals surface area contributed by atoms with E-state index < -0.39 is 0 Å². The third-order valence-electron chi connectivity index (χ3n) is 7.11. The lowest BCUT2D eigenvalue weighted by molar-refractivity contribution is 0.235. The molecule has 2 aliphatic rings. The topological polar surface area (TPSA) is 71.8 Å². The minimum atomic E-state index is -0.102. The van der Waals surface area contributed by atoms with Crippen LogP contribution in [-0.4, -0.2) is 27.3 Å². The summed E-state index contributed by atoms with van der Waals surface area (Å²) in [7, 11) is 0. The monoisotopic (exact) mass is 441 g/mol. The number of fused-ring (bicyclic) bond motifs is 1. The number of aromatic nitrogens is 3. The van der Waals surface area contributed by atoms with Crippen LogP contribution in [0.4, 0.5) is 4.79 Å². The van der Waals surface area contributed by atoms with E-state index in [1.807, 2.05) is 43.6 Å². The molecule has 2 heterocycles. The maximum absolute atomic E-state index is 12.4. The quantitative estimate of drug-likeness (QED) is 0.524. The lowest BCUT2D eigenvalue weighted by atomic mass is 9.78. The van der Waals surface area contributed by atoms with Crippen molar-refractivity contribution in [3.8, 4) is 5.69 Å². The normalized spacial score (nSPS) is 20.2. The van der Waals surface area contributed by atoms with Gasteiger partial charge in [-0.3, -0.25) is 4.98 Å². The molecule has 0 radical (unpaired) electrons. The minimum absolute atomic E-state index is 0.0127. The van der Waals surface area contributed by atoms with E-state index in [1.54, 1.807) is 17.3 Å². The molecule has 0 spiro atoms. The average molecular weight is 442 g/mol. The SMILES string of the molecule is CCNC(=O)NC(C[C@H]1CCC2=C1[C@@H](C)c1cnn(-c3cccnc3)c1C2)c1ccccc1. The lowest BCUT2D eigenvalue weighted by Crippen LogP contribution is -2.38. The molecule has 2 amide bonds. The van der Waals surface area contributed by atoms with Crippen molar-refractivity contribution < 1.29 is 4.79 Å². The van der Waals surface area contributed by atoms with Crippen molar-refractivity contribution >= 4 is 6.03 Å². The van der Waals surface area contributed by atoms with E-state index in [4.69, 9.17) is 5.10 Å². The van der Waals surface area contributed by atoms with Gasteiger partial charge in [0.15, 0.2) is 0 Å². The fourth-order valence-corrected chi connectivity index (χ4v) is 5.65. The molecule has 1 unspecified atom stereocenters. The lowest BCUT2D eigenvalue weighted by Gasteiger charge is -2.29. The molecule has 0 bridgehead atoms. The van der Waals surface area contributed by atoms with Gasteiger partial charge in [-0.1, -0.05) is 48.4 Å². The van der Waals surface area contributed by atoms with Crippen LogP contribution in [0.1, 0.15) is 61.9 Å². The van der Waals surface area contributed by atoms with Crippen LogP contribution in [0.15, 0.2) is 72.2 Å². The first-order valence-corrected chi connectivity index (χ1v) is 11.9. The van der Waals surface area contributed by atoms with Crippen molar-refractivity contribution in [3.05, 3.63) is 89.0 Å². The maximum atomic E-state index is 12.4. The number of benzene rings is 1. The predicted molar refractivity (Wildman–Crippen MR) is 129 cm³/mol. The molecular formula is C27H31N5O. The Morgan fingerprint density at radius 3 is 2.79 bits per heavy atom. The van der Waals surface area contributed by atoms with Crippen molar-refractivity contribution in [1.82, 2.24) is 25.4 Å². The Hall–Kier alpha value is -3.41. The van der Waals surface area contributed by atoms with Crippen LogP contribution >= 0.6 is 0 Å². The van der Waals surface area contributed by atoms with Gasteiger partial charge in [0.25, 0.3) is 0 Å². The fourth-order valence-electron chi connectivity index (χ4n) is 5.65. The Labute approximate surface area is 195 Å². The number of carbonyl (C=O) groups is 1. The molecule has 3 atom stereocenters. The number of pyridine rings is 1. The van der Waals surface area contributed by atoms with Gasteiger partial charge in [0.05, 0.1) is 29.8 Å². The second-order valence-electron chi connectivity index (χ2n) is 9.07. The first kappa shape index (κ1) is 21.4. The van der Waals surface area contributed by atoms with Gasteiger partial charge < -0.3 is 10.6 Å². The van der Waals surface area contributed by atoms with Crippen LogP contribution in [0.5, 0.6) is 0 Å². The van der Waals surface area contributed by atoms with Crippen molar-refractivity contribution in [2.24, 2.45) is 5.92 Å². The summed E-state index contributed by atoms with van der Waals surface area (Å²) < 4.78 is 2.05. The molecule has 0 saturated carbocycles. The van der Waals surface area contributed by atoms with Crippen molar-refractivity contribution in [1.29, 1.82) is 0 Å². The van der Waals surface area contributed by atoms with Crippen LogP contribution in [-0.2, 0) is 6.42 Å². The van der Waals surface area contributed by atoms with E-state index in [0.29, 0.717) is 18.4 Å². The summed E-state index contributed by atoms with van der Waals surface area (Å²) in [6.07, 6.45) is 9.81. The van der Waals surface area contributed by atoms with Gasteiger partial charge >= 0.3 is 6.03 Å². The van der Waals surface area contributed by atoms with Crippen LogP contribution in [0, 0.1) is 5.92 Å². The van der Waals surface area contributed by atoms with E-state index >= 15 is 0 Å². The zero-order chi connectivity index (χ0) is 22.8. The summed E-state index contributed by atoms with van der Waals surface area (Å²) in [6.45, 7) is 4.88. The largest absolute Gasteiger partial charge is 0.338 e. The molecule has 0 fully saturated rings. The number of rotatable bonds is 6. The minimum Gasteiger partial charge on any atom is -0.338 e. The molecule has 0 saturated heterocycles. The number of hydrogen-bond donors (Lipinski definition) is 2. The maximum Gasteiger partial charge on any atom is 0.315 e. The Morgan fingerprint density at radius 2 is 2.03 bits per heavy atom. The van der Waals surface area contributed by atoms with E-state index in [2.05, 4.69) is 45.4 Å². The Bertz CT molecular complexity index is 1150. The van der Waals surface area contributed by atoms with Crippen LogP contribution in [0.2, 0.25) is 0 Å². The number of urea groups is 1. The van der Waals surface area contributed by atoms with E-state index in [9.17, 15) is 4.79 Å². The third-order valence-corrected chi connectivity index (χ3v) is 7.11. The number of nitrogens with zero attached hydrogens (tertiary/aromatic N) is 3. The summed E-state index contributed by atoms with van der Waals surface area (Å²) in [4.78, 5) is 16.7. The first-order chi connectivity index (χ1) is 16.2. The average Bonchev–Trinajstić information content (AvgIpc) is 3.45. The zero-order valence-electron chi connectivity index (χ0n) is 19.3. The third kappa shape index (κ3) is 4.17. The van der Waals surface area contributed by atoms with E-state index in [0.717, 1.165) is 36.9 Å². The van der Waals surface area contributed by atoms with Gasteiger partial charge in [-0.2, -0.15) is 5.10 Å².